The molecule has 0 radical (unpaired) electrons. The van der Waals surface area contributed by atoms with E-state index in [2.05, 4.69) is 62.5 Å². The first kappa shape index (κ1) is 57.6. The third-order valence-corrected chi connectivity index (χ3v) is 11.7. The van der Waals surface area contributed by atoms with E-state index in [9.17, 15) is 37.9 Å². The largest absolute Gasteiger partial charge is 0.462 e. The van der Waals surface area contributed by atoms with Gasteiger partial charge in [0.2, 0.25) is 0 Å². The summed E-state index contributed by atoms with van der Waals surface area (Å²) in [6.45, 7) is 3.64. The molecule has 62 heavy (non-hydrogen) atoms. The summed E-state index contributed by atoms with van der Waals surface area (Å²) in [7, 11) is -4.60. The van der Waals surface area contributed by atoms with Gasteiger partial charge in [-0.2, -0.15) is 8.42 Å². The molecule has 360 valence electrons. The van der Waals surface area contributed by atoms with Crippen molar-refractivity contribution in [3.05, 3.63) is 48.6 Å². The van der Waals surface area contributed by atoms with Gasteiger partial charge in [0.1, 0.15) is 36.8 Å². The Morgan fingerprint density at radius 3 is 1.52 bits per heavy atom. The molecule has 1 aliphatic heterocycles. The van der Waals surface area contributed by atoms with Gasteiger partial charge in [0.15, 0.2) is 12.4 Å². The van der Waals surface area contributed by atoms with Crippen LogP contribution in [0.4, 0.5) is 0 Å². The number of allylic oxidation sites excluding steroid dienone is 8. The molecule has 1 rings (SSSR count). The number of carbonyl (C=O) groups is 2. The summed E-state index contributed by atoms with van der Waals surface area (Å²) >= 11 is 0. The van der Waals surface area contributed by atoms with Crippen molar-refractivity contribution in [2.45, 2.75) is 230 Å². The van der Waals surface area contributed by atoms with Crippen LogP contribution in [0.15, 0.2) is 48.6 Å². The van der Waals surface area contributed by atoms with Crippen molar-refractivity contribution in [1.29, 1.82) is 0 Å². The minimum absolute atomic E-state index is 0.159. The lowest BCUT2D eigenvalue weighted by Gasteiger charge is -2.40. The van der Waals surface area contributed by atoms with Crippen molar-refractivity contribution in [2.24, 2.45) is 0 Å². The van der Waals surface area contributed by atoms with Crippen LogP contribution in [0.2, 0.25) is 0 Å². The Labute approximate surface area is 375 Å². The maximum Gasteiger partial charge on any atom is 0.306 e. The third kappa shape index (κ3) is 33.2. The predicted octanol–water partition coefficient (Wildman–Crippen LogP) is 10.3. The zero-order chi connectivity index (χ0) is 45.5. The normalized spacial score (nSPS) is 20.3. The Morgan fingerprint density at radius 1 is 0.565 bits per heavy atom. The van der Waals surface area contributed by atoms with Gasteiger partial charge in [-0.25, -0.2) is 0 Å². The number of unbranched alkanes of at least 4 members (excludes halogenated alkanes) is 20. The van der Waals surface area contributed by atoms with Crippen LogP contribution in [0.3, 0.4) is 0 Å². The maximum absolute atomic E-state index is 12.8. The smallest absolute Gasteiger partial charge is 0.306 e. The molecule has 0 aromatic heterocycles. The SMILES string of the molecule is CC/C=C\C/C=C\C/C=C\C/C=C\CCCCCCCCCCCCC(=O)OC(COC(=O)CCCCCCCCCCCCC)COC1OC(CS(=O)(=O)O)C(O)C(O)C1O. The Bertz CT molecular complexity index is 1330. The third-order valence-electron chi connectivity index (χ3n) is 10.9. The number of aliphatic hydroxyl groups is 3. The number of ether oxygens (including phenoxy) is 4. The van der Waals surface area contributed by atoms with Gasteiger partial charge in [0.05, 0.1) is 6.61 Å². The predicted molar refractivity (Wildman–Crippen MR) is 247 cm³/mol. The fourth-order valence-corrected chi connectivity index (χ4v) is 7.89. The molecule has 4 N–H and O–H groups in total. The van der Waals surface area contributed by atoms with Crippen LogP contribution >= 0.6 is 0 Å². The van der Waals surface area contributed by atoms with Gasteiger partial charge in [-0.1, -0.05) is 178 Å². The molecule has 0 spiro atoms. The van der Waals surface area contributed by atoms with Gasteiger partial charge in [-0.15, -0.1) is 0 Å². The van der Waals surface area contributed by atoms with Gasteiger partial charge in [-0.05, 0) is 51.4 Å². The number of aliphatic hydroxyl groups excluding tert-OH is 3. The molecule has 0 aromatic rings. The first-order valence-electron chi connectivity index (χ1n) is 24.2. The van der Waals surface area contributed by atoms with Crippen LogP contribution in [-0.2, 0) is 38.7 Å². The lowest BCUT2D eigenvalue weighted by atomic mass is 10.00. The summed E-state index contributed by atoms with van der Waals surface area (Å²) in [4.78, 5) is 25.4. The highest BCUT2D eigenvalue weighted by molar-refractivity contribution is 7.85. The summed E-state index contributed by atoms with van der Waals surface area (Å²) in [5.41, 5.74) is 0. The number of hydrogen-bond acceptors (Lipinski definition) is 11. The second-order valence-corrected chi connectivity index (χ2v) is 18.2. The summed E-state index contributed by atoms with van der Waals surface area (Å²) in [6, 6.07) is 0. The Balaban J connectivity index is 2.36. The number of carbonyl (C=O) groups excluding carboxylic acids is 2. The fraction of sp³-hybridized carbons (Fsp3) is 0.796. The molecule has 13 heteroatoms. The van der Waals surface area contributed by atoms with Crippen molar-refractivity contribution >= 4 is 22.1 Å². The molecule has 6 atom stereocenters. The monoisotopic (exact) mass is 899 g/mol. The molecule has 0 saturated carbocycles. The van der Waals surface area contributed by atoms with Crippen LogP contribution in [0.25, 0.3) is 0 Å². The summed E-state index contributed by atoms with van der Waals surface area (Å²) in [5, 5.41) is 30.9. The van der Waals surface area contributed by atoms with Gasteiger partial charge in [0, 0.05) is 12.8 Å². The quantitative estimate of drug-likeness (QED) is 0.0198. The van der Waals surface area contributed by atoms with E-state index in [0.717, 1.165) is 77.0 Å². The van der Waals surface area contributed by atoms with Crippen molar-refractivity contribution in [3.8, 4) is 0 Å². The first-order chi connectivity index (χ1) is 30.0. The van der Waals surface area contributed by atoms with E-state index >= 15 is 0 Å². The molecule has 1 aliphatic rings. The topological polar surface area (TPSA) is 186 Å². The average Bonchev–Trinajstić information content (AvgIpc) is 3.24. The van der Waals surface area contributed by atoms with E-state index in [-0.39, 0.29) is 19.4 Å². The summed E-state index contributed by atoms with van der Waals surface area (Å²) in [5.74, 6) is -1.99. The Hall–Kier alpha value is -2.39. The van der Waals surface area contributed by atoms with Crippen molar-refractivity contribution in [2.75, 3.05) is 19.0 Å². The highest BCUT2D eigenvalue weighted by atomic mass is 32.2. The van der Waals surface area contributed by atoms with Crippen LogP contribution in [0.1, 0.15) is 194 Å². The maximum atomic E-state index is 12.8. The van der Waals surface area contributed by atoms with Crippen LogP contribution < -0.4 is 0 Å². The molecule has 1 heterocycles. The molecule has 0 aliphatic carbocycles. The van der Waals surface area contributed by atoms with Gasteiger partial charge < -0.3 is 34.3 Å². The van der Waals surface area contributed by atoms with E-state index in [1.807, 2.05) is 0 Å². The standard InChI is InChI=1S/C49H86O12S/c1-3-5-7-9-11-13-15-16-17-18-19-20-21-22-23-24-25-26-28-30-32-34-36-38-45(51)60-42(39-58-44(50)37-35-33-31-29-27-14-12-10-8-6-4-2)40-59-49-48(54)47(53)46(52)43(61-49)41-62(55,56)57/h5,7,11,13,16-17,19-20,42-43,46-49,52-54H,3-4,6,8-10,12,14-15,18,21-41H2,1-2H3,(H,55,56,57)/b7-5-,13-11-,17-16-,20-19-. The molecule has 1 fully saturated rings. The minimum atomic E-state index is -4.60. The first-order valence-corrected chi connectivity index (χ1v) is 25.8. The van der Waals surface area contributed by atoms with Crippen molar-refractivity contribution in [3.63, 3.8) is 0 Å². The van der Waals surface area contributed by atoms with Crippen LogP contribution in [0, 0.1) is 0 Å². The fourth-order valence-electron chi connectivity index (χ4n) is 7.20. The molecule has 12 nitrogen and oxygen atoms in total. The Morgan fingerprint density at radius 2 is 1.02 bits per heavy atom. The highest BCUT2D eigenvalue weighted by Gasteiger charge is 2.46. The Kier molecular flexibility index (Phi) is 36.3. The zero-order valence-electron chi connectivity index (χ0n) is 38.5. The highest BCUT2D eigenvalue weighted by Crippen LogP contribution is 2.24. The lowest BCUT2D eigenvalue weighted by Crippen LogP contribution is -2.60. The number of rotatable bonds is 40. The van der Waals surface area contributed by atoms with E-state index in [0.29, 0.717) is 12.8 Å². The molecule has 0 aromatic carbocycles. The van der Waals surface area contributed by atoms with Gasteiger partial charge >= 0.3 is 11.9 Å². The van der Waals surface area contributed by atoms with Crippen LogP contribution in [0.5, 0.6) is 0 Å². The van der Waals surface area contributed by atoms with Gasteiger partial charge in [-0.3, -0.25) is 14.1 Å². The van der Waals surface area contributed by atoms with E-state index in [1.165, 1.54) is 77.0 Å². The van der Waals surface area contributed by atoms with Crippen molar-refractivity contribution < 1.29 is 56.8 Å². The minimum Gasteiger partial charge on any atom is -0.462 e. The van der Waals surface area contributed by atoms with Crippen LogP contribution in [-0.4, -0.2) is 96.0 Å². The molecular weight excluding hydrogens is 813 g/mol. The lowest BCUT2D eigenvalue weighted by molar-refractivity contribution is -0.297. The van der Waals surface area contributed by atoms with Crippen molar-refractivity contribution in [1.82, 2.24) is 0 Å². The molecule has 0 amide bonds. The number of hydrogen-bond donors (Lipinski definition) is 4. The number of esters is 2. The van der Waals surface area contributed by atoms with Gasteiger partial charge in [0.25, 0.3) is 10.1 Å². The second-order valence-electron chi connectivity index (χ2n) is 16.8. The van der Waals surface area contributed by atoms with E-state index < -0.39 is 71.2 Å². The van der Waals surface area contributed by atoms with E-state index in [1.54, 1.807) is 0 Å². The summed E-state index contributed by atoms with van der Waals surface area (Å²) < 4.78 is 54.1. The molecule has 0 bridgehead atoms. The molecule has 1 saturated heterocycles. The average molecular weight is 899 g/mol. The molecule has 6 unspecified atom stereocenters. The second kappa shape index (κ2) is 39.0. The van der Waals surface area contributed by atoms with E-state index in [4.69, 9.17) is 18.9 Å². The molecular formula is C49H86O12S. The summed E-state index contributed by atoms with van der Waals surface area (Å²) in [6.07, 6.45) is 37.3. The zero-order valence-corrected chi connectivity index (χ0v) is 39.3.